The van der Waals surface area contributed by atoms with E-state index in [9.17, 15) is 18.4 Å². The third-order valence-electron chi connectivity index (χ3n) is 5.13. The van der Waals surface area contributed by atoms with Gasteiger partial charge in [-0.05, 0) is 44.2 Å². The molecule has 0 aromatic heterocycles. The number of benzene rings is 1. The number of carbonyl (C=O) groups is 2. The number of piperidine rings is 2. The Hall–Kier alpha value is -2.18. The van der Waals surface area contributed by atoms with E-state index >= 15 is 0 Å². The van der Waals surface area contributed by atoms with Crippen LogP contribution in [-0.2, 0) is 4.79 Å². The van der Waals surface area contributed by atoms with Crippen molar-refractivity contribution in [1.82, 2.24) is 9.80 Å². The molecule has 0 N–H and O–H groups in total. The first-order chi connectivity index (χ1) is 12.6. The number of para-hydroxylation sites is 1. The minimum absolute atomic E-state index is 0.0512. The maximum Gasteiger partial charge on any atom is 0.387 e. The average molecular weight is 366 g/mol. The summed E-state index contributed by atoms with van der Waals surface area (Å²) in [6, 6.07) is 6.03. The van der Waals surface area contributed by atoms with Gasteiger partial charge in [0.1, 0.15) is 5.75 Å². The highest BCUT2D eigenvalue weighted by Crippen LogP contribution is 2.26. The number of nitrogens with zero attached hydrogens (tertiary/aromatic N) is 2. The van der Waals surface area contributed by atoms with Gasteiger partial charge in [0, 0.05) is 32.1 Å². The number of hydrogen-bond donors (Lipinski definition) is 0. The molecule has 1 aromatic carbocycles. The van der Waals surface area contributed by atoms with Gasteiger partial charge in [0.25, 0.3) is 5.91 Å². The Bertz CT molecular complexity index is 639. The van der Waals surface area contributed by atoms with Crippen LogP contribution in [0, 0.1) is 5.92 Å². The van der Waals surface area contributed by atoms with Crippen molar-refractivity contribution in [3.63, 3.8) is 0 Å². The van der Waals surface area contributed by atoms with Crippen molar-refractivity contribution >= 4 is 11.8 Å². The first-order valence-electron chi connectivity index (χ1n) is 9.18. The third-order valence-corrected chi connectivity index (χ3v) is 5.13. The predicted octanol–water partition coefficient (Wildman–Crippen LogP) is 3.15. The molecule has 26 heavy (non-hydrogen) atoms. The second kappa shape index (κ2) is 8.47. The maximum atomic E-state index is 12.7. The molecule has 2 aliphatic rings. The number of alkyl halides is 2. The van der Waals surface area contributed by atoms with Gasteiger partial charge < -0.3 is 14.5 Å². The van der Waals surface area contributed by atoms with E-state index in [1.165, 1.54) is 18.6 Å². The van der Waals surface area contributed by atoms with Crippen molar-refractivity contribution in [2.24, 2.45) is 5.92 Å². The molecule has 2 saturated heterocycles. The van der Waals surface area contributed by atoms with Gasteiger partial charge >= 0.3 is 6.61 Å². The first kappa shape index (κ1) is 18.6. The van der Waals surface area contributed by atoms with Gasteiger partial charge in [-0.1, -0.05) is 12.1 Å². The van der Waals surface area contributed by atoms with E-state index in [1.54, 1.807) is 17.0 Å². The summed E-state index contributed by atoms with van der Waals surface area (Å²) >= 11 is 0. The number of rotatable bonds is 4. The third kappa shape index (κ3) is 4.31. The topological polar surface area (TPSA) is 49.9 Å². The van der Waals surface area contributed by atoms with Crippen molar-refractivity contribution < 1.29 is 23.1 Å². The molecule has 0 bridgehead atoms. The van der Waals surface area contributed by atoms with Crippen molar-refractivity contribution in [3.05, 3.63) is 29.8 Å². The second-order valence-corrected chi connectivity index (χ2v) is 6.83. The fourth-order valence-corrected chi connectivity index (χ4v) is 3.71. The number of hydrogen-bond acceptors (Lipinski definition) is 3. The summed E-state index contributed by atoms with van der Waals surface area (Å²) in [4.78, 5) is 28.8. The van der Waals surface area contributed by atoms with Crippen LogP contribution in [-0.4, -0.2) is 54.4 Å². The standard InChI is InChI=1S/C19H24F2N2O3/c20-19(21)26-16-7-3-2-6-15(16)18(25)23-12-8-14(9-13-23)17(24)22-10-4-1-5-11-22/h2-3,6-7,14,19H,1,4-5,8-13H2. The van der Waals surface area contributed by atoms with Crippen molar-refractivity contribution in [2.45, 2.75) is 38.7 Å². The van der Waals surface area contributed by atoms with Crippen LogP contribution in [0.1, 0.15) is 42.5 Å². The lowest BCUT2D eigenvalue weighted by Crippen LogP contribution is -2.45. The molecule has 0 unspecified atom stereocenters. The zero-order chi connectivity index (χ0) is 18.5. The van der Waals surface area contributed by atoms with E-state index in [1.807, 2.05) is 4.90 Å². The molecule has 1 aromatic rings. The molecular weight excluding hydrogens is 342 g/mol. The summed E-state index contributed by atoms with van der Waals surface area (Å²) in [6.07, 6.45) is 4.52. The highest BCUT2D eigenvalue weighted by molar-refractivity contribution is 5.97. The Kier molecular flexibility index (Phi) is 6.06. The molecule has 2 amide bonds. The first-order valence-corrected chi connectivity index (χ1v) is 9.18. The number of ether oxygens (including phenoxy) is 1. The molecule has 0 saturated carbocycles. The maximum absolute atomic E-state index is 12.7. The monoisotopic (exact) mass is 366 g/mol. The number of likely N-dealkylation sites (tertiary alicyclic amines) is 2. The summed E-state index contributed by atoms with van der Waals surface area (Å²) in [5.41, 5.74) is 0.133. The van der Waals surface area contributed by atoms with E-state index in [4.69, 9.17) is 0 Å². The van der Waals surface area contributed by atoms with E-state index in [-0.39, 0.29) is 29.0 Å². The zero-order valence-electron chi connectivity index (χ0n) is 14.7. The normalized spacial score (nSPS) is 18.9. The second-order valence-electron chi connectivity index (χ2n) is 6.83. The molecule has 0 aliphatic carbocycles. The van der Waals surface area contributed by atoms with Gasteiger partial charge in [-0.15, -0.1) is 0 Å². The fraction of sp³-hybridized carbons (Fsp3) is 0.579. The van der Waals surface area contributed by atoms with Gasteiger partial charge in [0.15, 0.2) is 0 Å². The molecule has 2 heterocycles. The van der Waals surface area contributed by atoms with Gasteiger partial charge in [0.2, 0.25) is 5.91 Å². The predicted molar refractivity (Wildman–Crippen MR) is 92.1 cm³/mol. The fourth-order valence-electron chi connectivity index (χ4n) is 3.71. The quantitative estimate of drug-likeness (QED) is 0.823. The Balaban J connectivity index is 1.59. The van der Waals surface area contributed by atoms with Gasteiger partial charge in [-0.25, -0.2) is 0 Å². The summed E-state index contributed by atoms with van der Waals surface area (Å²) in [5, 5.41) is 0. The molecule has 2 aliphatic heterocycles. The minimum Gasteiger partial charge on any atom is -0.434 e. The molecule has 2 fully saturated rings. The van der Waals surface area contributed by atoms with Crippen LogP contribution in [0.4, 0.5) is 8.78 Å². The lowest BCUT2D eigenvalue weighted by Gasteiger charge is -2.35. The highest BCUT2D eigenvalue weighted by atomic mass is 19.3. The minimum atomic E-state index is -2.98. The summed E-state index contributed by atoms with van der Waals surface area (Å²) < 4.78 is 29.5. The van der Waals surface area contributed by atoms with Gasteiger partial charge in [0.05, 0.1) is 5.56 Å². The smallest absolute Gasteiger partial charge is 0.387 e. The lowest BCUT2D eigenvalue weighted by molar-refractivity contribution is -0.137. The number of carbonyl (C=O) groups excluding carboxylic acids is 2. The summed E-state index contributed by atoms with van der Waals surface area (Å²) in [7, 11) is 0. The summed E-state index contributed by atoms with van der Waals surface area (Å²) in [6.45, 7) is -0.415. The van der Waals surface area contributed by atoms with E-state index in [0.29, 0.717) is 25.9 Å². The van der Waals surface area contributed by atoms with Crippen LogP contribution >= 0.6 is 0 Å². The van der Waals surface area contributed by atoms with Gasteiger partial charge in [-0.2, -0.15) is 8.78 Å². The van der Waals surface area contributed by atoms with E-state index in [0.717, 1.165) is 25.9 Å². The lowest BCUT2D eigenvalue weighted by atomic mass is 9.94. The average Bonchev–Trinajstić information content (AvgIpc) is 2.68. The molecule has 7 heteroatoms. The molecule has 0 atom stereocenters. The van der Waals surface area contributed by atoms with E-state index < -0.39 is 6.61 Å². The van der Waals surface area contributed by atoms with Crippen LogP contribution in [0.3, 0.4) is 0 Å². The summed E-state index contributed by atoms with van der Waals surface area (Å²) in [5.74, 6) is -0.299. The Morgan fingerprint density at radius 2 is 1.62 bits per heavy atom. The van der Waals surface area contributed by atoms with Crippen molar-refractivity contribution in [1.29, 1.82) is 0 Å². The molecule has 3 rings (SSSR count). The highest BCUT2D eigenvalue weighted by Gasteiger charge is 2.31. The van der Waals surface area contributed by atoms with Crippen LogP contribution in [0.2, 0.25) is 0 Å². The molecule has 142 valence electrons. The SMILES string of the molecule is O=C(c1ccccc1OC(F)F)N1CCC(C(=O)N2CCCCC2)CC1. The molecule has 0 radical (unpaired) electrons. The Morgan fingerprint density at radius 3 is 2.27 bits per heavy atom. The van der Waals surface area contributed by atoms with Crippen LogP contribution < -0.4 is 4.74 Å². The van der Waals surface area contributed by atoms with Crippen LogP contribution in [0.25, 0.3) is 0 Å². The zero-order valence-corrected chi connectivity index (χ0v) is 14.7. The Labute approximate surface area is 151 Å². The Morgan fingerprint density at radius 1 is 0.962 bits per heavy atom. The van der Waals surface area contributed by atoms with Gasteiger partial charge in [-0.3, -0.25) is 9.59 Å². The molecular formula is C19H24F2N2O3. The van der Waals surface area contributed by atoms with E-state index in [2.05, 4.69) is 4.74 Å². The largest absolute Gasteiger partial charge is 0.434 e. The van der Waals surface area contributed by atoms with Crippen molar-refractivity contribution in [2.75, 3.05) is 26.2 Å². The number of amides is 2. The van der Waals surface area contributed by atoms with Crippen molar-refractivity contribution in [3.8, 4) is 5.75 Å². The van der Waals surface area contributed by atoms with Crippen LogP contribution in [0.5, 0.6) is 5.75 Å². The van der Waals surface area contributed by atoms with Crippen LogP contribution in [0.15, 0.2) is 24.3 Å². The molecule has 0 spiro atoms. The molecule has 5 nitrogen and oxygen atoms in total. The number of halogens is 2.